The monoisotopic (exact) mass is 319 g/mol. The van der Waals surface area contributed by atoms with Crippen molar-refractivity contribution < 1.29 is 23.9 Å². The number of aldehydes is 1. The van der Waals surface area contributed by atoms with E-state index in [1.54, 1.807) is 29.2 Å². The van der Waals surface area contributed by atoms with Gasteiger partial charge in [0.05, 0.1) is 5.56 Å². The summed E-state index contributed by atoms with van der Waals surface area (Å²) in [6, 6.07) is 6.60. The van der Waals surface area contributed by atoms with Crippen molar-refractivity contribution in [3.05, 3.63) is 29.8 Å². The molecule has 1 aliphatic rings. The zero-order chi connectivity index (χ0) is 16.5. The van der Waals surface area contributed by atoms with Crippen molar-refractivity contribution in [1.29, 1.82) is 0 Å². The molecule has 0 aliphatic carbocycles. The van der Waals surface area contributed by atoms with Crippen LogP contribution >= 0.6 is 0 Å². The molecule has 0 N–H and O–H groups in total. The van der Waals surface area contributed by atoms with Crippen molar-refractivity contribution in [1.82, 2.24) is 4.90 Å². The quantitative estimate of drug-likeness (QED) is 0.591. The van der Waals surface area contributed by atoms with Gasteiger partial charge in [0.1, 0.15) is 5.75 Å². The number of carbonyl (C=O) groups is 3. The SMILES string of the molecule is O=Cc1ccccc1OCC(=O)OCC(=O)N1CCCCCC1. The van der Waals surface area contributed by atoms with Crippen molar-refractivity contribution in [3.63, 3.8) is 0 Å². The highest BCUT2D eigenvalue weighted by atomic mass is 16.6. The van der Waals surface area contributed by atoms with Gasteiger partial charge in [-0.15, -0.1) is 0 Å². The molecule has 0 saturated carbocycles. The van der Waals surface area contributed by atoms with Gasteiger partial charge >= 0.3 is 5.97 Å². The average molecular weight is 319 g/mol. The Morgan fingerprint density at radius 1 is 1.04 bits per heavy atom. The molecule has 0 atom stereocenters. The smallest absolute Gasteiger partial charge is 0.344 e. The lowest BCUT2D eigenvalue weighted by Crippen LogP contribution is -2.35. The Hall–Kier alpha value is -2.37. The van der Waals surface area contributed by atoms with E-state index in [0.717, 1.165) is 38.8 Å². The third-order valence-corrected chi connectivity index (χ3v) is 3.71. The zero-order valence-electron chi connectivity index (χ0n) is 13.0. The van der Waals surface area contributed by atoms with Gasteiger partial charge in [0.15, 0.2) is 19.5 Å². The fourth-order valence-electron chi connectivity index (χ4n) is 2.44. The van der Waals surface area contributed by atoms with Gasteiger partial charge in [0.25, 0.3) is 5.91 Å². The van der Waals surface area contributed by atoms with Crippen LogP contribution in [0.2, 0.25) is 0 Å². The third kappa shape index (κ3) is 5.39. The largest absolute Gasteiger partial charge is 0.481 e. The number of likely N-dealkylation sites (tertiary alicyclic amines) is 1. The van der Waals surface area contributed by atoms with Gasteiger partial charge < -0.3 is 14.4 Å². The minimum Gasteiger partial charge on any atom is -0.481 e. The highest BCUT2D eigenvalue weighted by Gasteiger charge is 2.17. The molecule has 0 spiro atoms. The Kier molecular flexibility index (Phi) is 6.59. The van der Waals surface area contributed by atoms with E-state index >= 15 is 0 Å². The predicted octanol–water partition coefficient (Wildman–Crippen LogP) is 1.82. The maximum atomic E-state index is 12.0. The standard InChI is InChI=1S/C17H21NO5/c19-11-14-7-3-4-8-15(14)22-13-17(21)23-12-16(20)18-9-5-1-2-6-10-18/h3-4,7-8,11H,1-2,5-6,9-10,12-13H2. The summed E-state index contributed by atoms with van der Waals surface area (Å²) in [6.45, 7) is 0.842. The van der Waals surface area contributed by atoms with Crippen LogP contribution in [0.4, 0.5) is 0 Å². The normalized spacial score (nSPS) is 14.7. The molecule has 0 unspecified atom stereocenters. The minimum atomic E-state index is -0.631. The minimum absolute atomic E-state index is 0.173. The summed E-state index contributed by atoms with van der Waals surface area (Å²) in [7, 11) is 0. The predicted molar refractivity (Wildman–Crippen MR) is 83.3 cm³/mol. The maximum Gasteiger partial charge on any atom is 0.344 e. The molecule has 0 aromatic heterocycles. The number of hydrogen-bond acceptors (Lipinski definition) is 5. The molecule has 6 heteroatoms. The summed E-state index contributed by atoms with van der Waals surface area (Å²) in [5.74, 6) is -0.485. The van der Waals surface area contributed by atoms with Crippen molar-refractivity contribution >= 4 is 18.2 Å². The van der Waals surface area contributed by atoms with E-state index in [-0.39, 0.29) is 19.1 Å². The van der Waals surface area contributed by atoms with E-state index in [4.69, 9.17) is 9.47 Å². The highest BCUT2D eigenvalue weighted by molar-refractivity contribution is 5.82. The molecule has 1 aliphatic heterocycles. The second kappa shape index (κ2) is 8.92. The number of ether oxygens (including phenoxy) is 2. The fraction of sp³-hybridized carbons (Fsp3) is 0.471. The second-order valence-corrected chi connectivity index (χ2v) is 5.40. The Balaban J connectivity index is 1.74. The summed E-state index contributed by atoms with van der Waals surface area (Å²) in [5.41, 5.74) is 0.362. The lowest BCUT2D eigenvalue weighted by molar-refractivity contribution is -0.153. The van der Waals surface area contributed by atoms with Crippen LogP contribution in [0.5, 0.6) is 5.75 Å². The molecule has 0 bridgehead atoms. The molecule has 1 amide bonds. The molecule has 1 aromatic carbocycles. The molecular weight excluding hydrogens is 298 g/mol. The Labute approximate surface area is 135 Å². The first-order valence-corrected chi connectivity index (χ1v) is 7.81. The number of benzene rings is 1. The Morgan fingerprint density at radius 3 is 2.43 bits per heavy atom. The Bertz CT molecular complexity index is 550. The molecule has 1 aromatic rings. The summed E-state index contributed by atoms with van der Waals surface area (Å²) in [6.07, 6.45) is 4.90. The van der Waals surface area contributed by atoms with Crippen LogP contribution in [0.3, 0.4) is 0 Å². The molecular formula is C17H21NO5. The molecule has 23 heavy (non-hydrogen) atoms. The van der Waals surface area contributed by atoms with Crippen molar-refractivity contribution in [2.24, 2.45) is 0 Å². The van der Waals surface area contributed by atoms with Crippen LogP contribution in [0.25, 0.3) is 0 Å². The summed E-state index contributed by atoms with van der Waals surface area (Å²) < 4.78 is 10.2. The number of hydrogen-bond donors (Lipinski definition) is 0. The lowest BCUT2D eigenvalue weighted by Gasteiger charge is -2.19. The first-order valence-electron chi connectivity index (χ1n) is 7.81. The van der Waals surface area contributed by atoms with E-state index in [0.29, 0.717) is 17.6 Å². The summed E-state index contributed by atoms with van der Waals surface area (Å²) >= 11 is 0. The zero-order valence-corrected chi connectivity index (χ0v) is 13.0. The van der Waals surface area contributed by atoms with Gasteiger partial charge in [-0.2, -0.15) is 0 Å². The topological polar surface area (TPSA) is 72.9 Å². The fourth-order valence-corrected chi connectivity index (χ4v) is 2.44. The van der Waals surface area contributed by atoms with Gasteiger partial charge in [-0.3, -0.25) is 9.59 Å². The van der Waals surface area contributed by atoms with Gasteiger partial charge in [-0.1, -0.05) is 25.0 Å². The number of nitrogens with zero attached hydrogens (tertiary/aromatic N) is 1. The van der Waals surface area contributed by atoms with E-state index in [9.17, 15) is 14.4 Å². The van der Waals surface area contributed by atoms with Crippen LogP contribution in [-0.2, 0) is 14.3 Å². The third-order valence-electron chi connectivity index (χ3n) is 3.71. The van der Waals surface area contributed by atoms with Gasteiger partial charge in [-0.25, -0.2) is 4.79 Å². The van der Waals surface area contributed by atoms with Crippen LogP contribution in [0.15, 0.2) is 24.3 Å². The average Bonchev–Trinajstić information content (AvgIpc) is 2.87. The maximum absolute atomic E-state index is 12.0. The molecule has 6 nitrogen and oxygen atoms in total. The van der Waals surface area contributed by atoms with Crippen molar-refractivity contribution in [2.75, 3.05) is 26.3 Å². The van der Waals surface area contributed by atoms with E-state index < -0.39 is 5.97 Å². The number of carbonyl (C=O) groups excluding carboxylic acids is 3. The lowest BCUT2D eigenvalue weighted by atomic mass is 10.2. The number of para-hydroxylation sites is 1. The molecule has 0 radical (unpaired) electrons. The highest BCUT2D eigenvalue weighted by Crippen LogP contribution is 2.15. The number of rotatable bonds is 6. The first-order chi connectivity index (χ1) is 11.2. The molecule has 1 saturated heterocycles. The molecule has 1 heterocycles. The molecule has 124 valence electrons. The van der Waals surface area contributed by atoms with Crippen molar-refractivity contribution in [2.45, 2.75) is 25.7 Å². The van der Waals surface area contributed by atoms with Crippen LogP contribution < -0.4 is 4.74 Å². The second-order valence-electron chi connectivity index (χ2n) is 5.40. The van der Waals surface area contributed by atoms with Crippen LogP contribution in [0, 0.1) is 0 Å². The Morgan fingerprint density at radius 2 is 1.74 bits per heavy atom. The molecule has 1 fully saturated rings. The van der Waals surface area contributed by atoms with Gasteiger partial charge in [0.2, 0.25) is 0 Å². The van der Waals surface area contributed by atoms with E-state index in [1.807, 2.05) is 0 Å². The van der Waals surface area contributed by atoms with Gasteiger partial charge in [-0.05, 0) is 25.0 Å². The van der Waals surface area contributed by atoms with Gasteiger partial charge in [0, 0.05) is 13.1 Å². The molecule has 2 rings (SSSR count). The number of esters is 1. The first kappa shape index (κ1) is 17.0. The van der Waals surface area contributed by atoms with E-state index in [1.165, 1.54) is 0 Å². The van der Waals surface area contributed by atoms with Crippen LogP contribution in [-0.4, -0.2) is 49.4 Å². The summed E-state index contributed by atoms with van der Waals surface area (Å²) in [4.78, 5) is 36.2. The number of amides is 1. The summed E-state index contributed by atoms with van der Waals surface area (Å²) in [5, 5.41) is 0. The van der Waals surface area contributed by atoms with Crippen LogP contribution in [0.1, 0.15) is 36.0 Å². The van der Waals surface area contributed by atoms with Crippen molar-refractivity contribution in [3.8, 4) is 5.75 Å². The van der Waals surface area contributed by atoms with E-state index in [2.05, 4.69) is 0 Å².